The number of ether oxygens (including phenoxy) is 1. The van der Waals surface area contributed by atoms with Gasteiger partial charge in [0.25, 0.3) is 0 Å². The van der Waals surface area contributed by atoms with Crippen molar-refractivity contribution in [3.05, 3.63) is 34.9 Å². The fourth-order valence-corrected chi connectivity index (χ4v) is 4.64. The maximum Gasteiger partial charge on any atom is 0.416 e. The molecule has 2 saturated carbocycles. The van der Waals surface area contributed by atoms with Gasteiger partial charge in [-0.25, -0.2) is 4.79 Å². The van der Waals surface area contributed by atoms with E-state index in [1.807, 2.05) is 7.05 Å². The first-order chi connectivity index (χ1) is 15.1. The highest BCUT2D eigenvalue weighted by molar-refractivity contribution is 5.89. The van der Waals surface area contributed by atoms with Crippen molar-refractivity contribution in [2.75, 3.05) is 13.7 Å². The average molecular weight is 457 g/mol. The van der Waals surface area contributed by atoms with E-state index in [2.05, 4.69) is 0 Å². The molecular weight excluding hydrogens is 425 g/mol. The van der Waals surface area contributed by atoms with E-state index in [1.54, 1.807) is 4.90 Å². The summed E-state index contributed by atoms with van der Waals surface area (Å²) in [6.45, 7) is -0.176. The first-order valence-corrected chi connectivity index (χ1v) is 11.1. The molecule has 0 aromatic heterocycles. The van der Waals surface area contributed by atoms with Crippen LogP contribution in [0.4, 0.5) is 13.2 Å². The number of nitrogens with zero attached hydrogens (tertiary/aromatic N) is 1. The van der Waals surface area contributed by atoms with Crippen LogP contribution in [0.2, 0.25) is 0 Å². The highest BCUT2D eigenvalue weighted by Gasteiger charge is 2.36. The smallest absolute Gasteiger partial charge is 0.416 e. The second-order valence-electron chi connectivity index (χ2n) is 8.99. The van der Waals surface area contributed by atoms with Crippen LogP contribution in [0.3, 0.4) is 0 Å². The predicted molar refractivity (Wildman–Crippen MR) is 112 cm³/mol. The van der Waals surface area contributed by atoms with Crippen molar-refractivity contribution < 1.29 is 32.6 Å². The number of carbonyl (C=O) groups excluding carboxylic acids is 1. The Labute approximate surface area is 185 Å². The van der Waals surface area contributed by atoms with Crippen LogP contribution < -0.4 is 5.73 Å². The molecule has 3 rings (SSSR count). The van der Waals surface area contributed by atoms with Gasteiger partial charge in [0.15, 0.2) is 0 Å². The summed E-state index contributed by atoms with van der Waals surface area (Å²) in [4.78, 5) is 25.8. The Bertz CT molecular complexity index is 818. The van der Waals surface area contributed by atoms with Crippen LogP contribution in [-0.2, 0) is 22.3 Å². The molecule has 0 spiro atoms. The minimum atomic E-state index is -4.66. The van der Waals surface area contributed by atoms with Crippen LogP contribution in [0.25, 0.3) is 0 Å². The molecule has 2 fully saturated rings. The number of likely N-dealkylation sites (N-methyl/N-ethyl adjacent to an activating group) is 1. The minimum Gasteiger partial charge on any atom is -0.478 e. The molecule has 0 saturated heterocycles. The molecule has 0 aliphatic heterocycles. The van der Waals surface area contributed by atoms with E-state index in [0.717, 1.165) is 63.1 Å². The summed E-state index contributed by atoms with van der Waals surface area (Å²) in [5.74, 6) is -1.20. The zero-order valence-electron chi connectivity index (χ0n) is 18.2. The second-order valence-corrected chi connectivity index (χ2v) is 8.99. The van der Waals surface area contributed by atoms with E-state index < -0.39 is 35.9 Å². The van der Waals surface area contributed by atoms with Crippen LogP contribution in [0, 0.1) is 11.8 Å². The predicted octanol–water partition coefficient (Wildman–Crippen LogP) is 4.06. The molecule has 2 aliphatic rings. The van der Waals surface area contributed by atoms with Crippen molar-refractivity contribution in [1.82, 2.24) is 4.90 Å². The summed E-state index contributed by atoms with van der Waals surface area (Å²) < 4.78 is 45.4. The molecule has 3 N–H and O–H groups in total. The molecule has 1 amide bonds. The number of halogens is 3. The summed E-state index contributed by atoms with van der Waals surface area (Å²) in [5.41, 5.74) is 4.51. The van der Waals surface area contributed by atoms with Gasteiger partial charge in [-0.2, -0.15) is 13.2 Å². The summed E-state index contributed by atoms with van der Waals surface area (Å²) >= 11 is 0. The maximum atomic E-state index is 13.3. The largest absolute Gasteiger partial charge is 0.478 e. The normalized spacial score (nSPS) is 22.8. The Morgan fingerprint density at radius 3 is 2.38 bits per heavy atom. The maximum absolute atomic E-state index is 13.3. The van der Waals surface area contributed by atoms with E-state index >= 15 is 0 Å². The molecule has 6 nitrogen and oxygen atoms in total. The first-order valence-electron chi connectivity index (χ1n) is 11.1. The van der Waals surface area contributed by atoms with Crippen molar-refractivity contribution >= 4 is 11.9 Å². The molecule has 1 aromatic carbocycles. The van der Waals surface area contributed by atoms with Gasteiger partial charge >= 0.3 is 12.1 Å². The Kier molecular flexibility index (Phi) is 7.82. The number of benzene rings is 1. The zero-order chi connectivity index (χ0) is 23.5. The van der Waals surface area contributed by atoms with Crippen molar-refractivity contribution in [3.8, 4) is 0 Å². The van der Waals surface area contributed by atoms with Gasteiger partial charge in [0.1, 0.15) is 0 Å². The zero-order valence-corrected chi connectivity index (χ0v) is 18.2. The lowest BCUT2D eigenvalue weighted by molar-refractivity contribution is -0.139. The molecule has 0 heterocycles. The van der Waals surface area contributed by atoms with Gasteiger partial charge in [0, 0.05) is 25.3 Å². The second kappa shape index (κ2) is 10.2. The number of carboxylic acid groups (broad SMARTS) is 1. The standard InChI is InChI=1S/C23H31F3N2O4/c1-28(16-4-2-5-16)21(29)20(27)15-10-8-14(9-11-15)12-32-13-18-17(22(30)31)6-3-7-19(18)23(24,25)26/h3,6-7,14-16,20H,2,4-5,8-13,27H2,1H3,(H,30,31)/t14?,15?,20-/m0/s1. The molecule has 32 heavy (non-hydrogen) atoms. The van der Waals surface area contributed by atoms with Gasteiger partial charge in [0.2, 0.25) is 5.91 Å². The molecule has 178 valence electrons. The minimum absolute atomic E-state index is 0.0145. The van der Waals surface area contributed by atoms with Crippen LogP contribution in [0.1, 0.15) is 66.4 Å². The number of carboxylic acids is 1. The lowest BCUT2D eigenvalue weighted by Crippen LogP contribution is -2.52. The monoisotopic (exact) mass is 456 g/mol. The summed E-state index contributed by atoms with van der Waals surface area (Å²) in [6, 6.07) is 2.88. The van der Waals surface area contributed by atoms with Crippen LogP contribution in [0.5, 0.6) is 0 Å². The number of amides is 1. The van der Waals surface area contributed by atoms with E-state index in [1.165, 1.54) is 0 Å². The first kappa shape index (κ1) is 24.5. The number of nitrogens with two attached hydrogens (primary N) is 1. The number of carbonyl (C=O) groups is 2. The third kappa shape index (κ3) is 5.61. The summed E-state index contributed by atoms with van der Waals surface area (Å²) in [6.07, 6.45) is 1.61. The van der Waals surface area contributed by atoms with E-state index in [4.69, 9.17) is 10.5 Å². The van der Waals surface area contributed by atoms with Gasteiger partial charge in [0.05, 0.1) is 23.8 Å². The van der Waals surface area contributed by atoms with Gasteiger partial charge in [-0.05, 0) is 68.9 Å². The molecule has 9 heteroatoms. The van der Waals surface area contributed by atoms with Crippen molar-refractivity contribution in [3.63, 3.8) is 0 Å². The average Bonchev–Trinajstić information content (AvgIpc) is 2.71. The Morgan fingerprint density at radius 2 is 1.84 bits per heavy atom. The lowest BCUT2D eigenvalue weighted by atomic mass is 9.78. The van der Waals surface area contributed by atoms with E-state index in [9.17, 15) is 27.9 Å². The van der Waals surface area contributed by atoms with Crippen molar-refractivity contribution in [1.29, 1.82) is 0 Å². The number of aromatic carboxylic acids is 1. The fourth-order valence-electron chi connectivity index (χ4n) is 4.64. The molecule has 0 unspecified atom stereocenters. The summed E-state index contributed by atoms with van der Waals surface area (Å²) in [5, 5.41) is 9.26. The summed E-state index contributed by atoms with van der Waals surface area (Å²) in [7, 11) is 1.82. The number of alkyl halides is 3. The van der Waals surface area contributed by atoms with Crippen molar-refractivity contribution in [2.24, 2.45) is 17.6 Å². The quantitative estimate of drug-likeness (QED) is 0.615. The van der Waals surface area contributed by atoms with Gasteiger partial charge in [-0.15, -0.1) is 0 Å². The van der Waals surface area contributed by atoms with Gasteiger partial charge in [-0.1, -0.05) is 6.07 Å². The van der Waals surface area contributed by atoms with Crippen LogP contribution in [-0.4, -0.2) is 47.6 Å². The SMILES string of the molecule is CN(C(=O)[C@@H](N)C1CCC(COCc2c(C(=O)O)cccc2C(F)(F)F)CC1)C1CCC1. The van der Waals surface area contributed by atoms with Gasteiger partial charge < -0.3 is 20.5 Å². The van der Waals surface area contributed by atoms with E-state index in [-0.39, 0.29) is 29.9 Å². The Morgan fingerprint density at radius 1 is 1.19 bits per heavy atom. The Balaban J connectivity index is 1.51. The Hall–Kier alpha value is -2.13. The molecule has 0 radical (unpaired) electrons. The molecule has 0 bridgehead atoms. The lowest BCUT2D eigenvalue weighted by Gasteiger charge is -2.38. The van der Waals surface area contributed by atoms with Gasteiger partial charge in [-0.3, -0.25) is 4.79 Å². The fraction of sp³-hybridized carbons (Fsp3) is 0.652. The molecule has 1 atom stereocenters. The van der Waals surface area contributed by atoms with Crippen LogP contribution in [0.15, 0.2) is 18.2 Å². The van der Waals surface area contributed by atoms with Crippen molar-refractivity contribution in [2.45, 2.75) is 69.8 Å². The van der Waals surface area contributed by atoms with E-state index in [0.29, 0.717) is 6.04 Å². The third-order valence-electron chi connectivity index (χ3n) is 6.97. The highest BCUT2D eigenvalue weighted by Crippen LogP contribution is 2.35. The highest BCUT2D eigenvalue weighted by atomic mass is 19.4. The molecule has 2 aliphatic carbocycles. The number of rotatable bonds is 8. The molecular formula is C23H31F3N2O4. The van der Waals surface area contributed by atoms with Crippen LogP contribution >= 0.6 is 0 Å². The number of hydrogen-bond acceptors (Lipinski definition) is 4. The number of hydrogen-bond donors (Lipinski definition) is 2. The molecule has 1 aromatic rings. The third-order valence-corrected chi connectivity index (χ3v) is 6.97. The topological polar surface area (TPSA) is 92.9 Å².